The van der Waals surface area contributed by atoms with Crippen LogP contribution >= 0.6 is 0 Å². The van der Waals surface area contributed by atoms with Gasteiger partial charge < -0.3 is 14.4 Å². The maximum absolute atomic E-state index is 13.7. The van der Waals surface area contributed by atoms with Gasteiger partial charge in [-0.3, -0.25) is 10.1 Å². The lowest BCUT2D eigenvalue weighted by molar-refractivity contribution is -0.547. The lowest BCUT2D eigenvalue weighted by Gasteiger charge is -2.38. The lowest BCUT2D eigenvalue weighted by atomic mass is 9.79. The second-order valence-electron chi connectivity index (χ2n) is 7.30. The maximum atomic E-state index is 13.7. The minimum atomic E-state index is -4.83. The van der Waals surface area contributed by atoms with Crippen molar-refractivity contribution < 1.29 is 27.6 Å². The number of fused-ring (bicyclic) bond motifs is 1. The molecule has 1 fully saturated rings. The van der Waals surface area contributed by atoms with Crippen LogP contribution in [0.4, 0.5) is 13.2 Å². The smallest absolute Gasteiger partial charge is 0.432 e. The Kier molecular flexibility index (Phi) is 4.95. The molecule has 4 rings (SSSR count). The quantitative estimate of drug-likeness (QED) is 0.576. The van der Waals surface area contributed by atoms with Crippen LogP contribution in [0.5, 0.6) is 5.75 Å². The summed E-state index contributed by atoms with van der Waals surface area (Å²) in [5.74, 6) is -0.874. The third kappa shape index (κ3) is 3.32. The van der Waals surface area contributed by atoms with Crippen molar-refractivity contribution in [3.8, 4) is 5.75 Å². The fourth-order valence-electron chi connectivity index (χ4n) is 4.58. The predicted octanol–water partition coefficient (Wildman–Crippen LogP) is 3.51. The van der Waals surface area contributed by atoms with Gasteiger partial charge in [0.1, 0.15) is 5.75 Å². The SMILES string of the molecule is O=[N+]([O-])[C@H]1[C@H](C(F)(F)F)Oc2ccccc2[C@@H]1C1=C(N2CCOCC2)CCC1. The topological polar surface area (TPSA) is 64.8 Å². The van der Waals surface area contributed by atoms with Gasteiger partial charge in [-0.05, 0) is 30.9 Å². The number of halogens is 3. The number of hydrogen-bond donors (Lipinski definition) is 0. The first-order valence-corrected chi connectivity index (χ1v) is 9.38. The van der Waals surface area contributed by atoms with Crippen molar-refractivity contribution in [3.05, 3.63) is 51.2 Å². The number of nitrogens with zero attached hydrogens (tertiary/aromatic N) is 2. The Hall–Kier alpha value is -2.29. The van der Waals surface area contributed by atoms with Gasteiger partial charge in [0.05, 0.1) is 19.1 Å². The zero-order chi connectivity index (χ0) is 19.9. The molecule has 1 aromatic rings. The van der Waals surface area contributed by atoms with Crippen molar-refractivity contribution in [2.75, 3.05) is 26.3 Å². The number of hydrogen-bond acceptors (Lipinski definition) is 5. The second kappa shape index (κ2) is 7.27. The molecule has 2 heterocycles. The third-order valence-electron chi connectivity index (χ3n) is 5.72. The summed E-state index contributed by atoms with van der Waals surface area (Å²) in [6, 6.07) is 4.47. The van der Waals surface area contributed by atoms with Gasteiger partial charge in [-0.25, -0.2) is 0 Å². The summed E-state index contributed by atoms with van der Waals surface area (Å²) in [5.41, 5.74) is 2.15. The van der Waals surface area contributed by atoms with Crippen molar-refractivity contribution >= 4 is 0 Å². The Morgan fingerprint density at radius 2 is 1.86 bits per heavy atom. The highest BCUT2D eigenvalue weighted by Crippen LogP contribution is 2.49. The zero-order valence-corrected chi connectivity index (χ0v) is 15.2. The van der Waals surface area contributed by atoms with E-state index >= 15 is 0 Å². The van der Waals surface area contributed by atoms with Gasteiger partial charge in [0.25, 0.3) is 12.1 Å². The molecule has 0 spiro atoms. The summed E-state index contributed by atoms with van der Waals surface area (Å²) in [5, 5.41) is 11.8. The van der Waals surface area contributed by atoms with Gasteiger partial charge in [-0.1, -0.05) is 18.2 Å². The first-order chi connectivity index (χ1) is 13.4. The Morgan fingerprint density at radius 1 is 1.14 bits per heavy atom. The number of nitro groups is 1. The molecule has 6 nitrogen and oxygen atoms in total. The summed E-state index contributed by atoms with van der Waals surface area (Å²) < 4.78 is 51.6. The molecule has 0 aromatic heterocycles. The van der Waals surface area contributed by atoms with Gasteiger partial charge in [0, 0.05) is 29.3 Å². The molecular weight excluding hydrogens is 377 g/mol. The molecule has 0 amide bonds. The minimum Gasteiger partial charge on any atom is -0.473 e. The van der Waals surface area contributed by atoms with E-state index < -0.39 is 29.2 Å². The summed E-state index contributed by atoms with van der Waals surface area (Å²) in [6.45, 7) is 2.39. The van der Waals surface area contributed by atoms with Crippen LogP contribution in [-0.4, -0.2) is 54.4 Å². The van der Waals surface area contributed by atoms with Crippen molar-refractivity contribution in [1.29, 1.82) is 0 Å². The fraction of sp³-hybridized carbons (Fsp3) is 0.579. The van der Waals surface area contributed by atoms with Gasteiger partial charge >= 0.3 is 6.18 Å². The van der Waals surface area contributed by atoms with Gasteiger partial charge in [0.15, 0.2) is 0 Å². The van der Waals surface area contributed by atoms with E-state index in [9.17, 15) is 23.3 Å². The van der Waals surface area contributed by atoms with Gasteiger partial charge in [-0.15, -0.1) is 0 Å². The highest BCUT2D eigenvalue weighted by atomic mass is 19.4. The highest BCUT2D eigenvalue weighted by molar-refractivity contribution is 5.46. The lowest BCUT2D eigenvalue weighted by Crippen LogP contribution is -2.54. The fourth-order valence-corrected chi connectivity index (χ4v) is 4.58. The molecular formula is C19H21F3N2O4. The third-order valence-corrected chi connectivity index (χ3v) is 5.72. The predicted molar refractivity (Wildman–Crippen MR) is 93.7 cm³/mol. The minimum absolute atomic E-state index is 0.0775. The van der Waals surface area contributed by atoms with Crippen LogP contribution in [0.1, 0.15) is 30.7 Å². The molecule has 1 aromatic carbocycles. The van der Waals surface area contributed by atoms with Gasteiger partial charge in [0.2, 0.25) is 0 Å². The average molecular weight is 398 g/mol. The van der Waals surface area contributed by atoms with E-state index in [2.05, 4.69) is 4.90 Å². The molecule has 0 radical (unpaired) electrons. The molecule has 9 heteroatoms. The van der Waals surface area contributed by atoms with Crippen LogP contribution in [0, 0.1) is 10.1 Å². The monoisotopic (exact) mass is 398 g/mol. The molecule has 3 aliphatic rings. The zero-order valence-electron chi connectivity index (χ0n) is 15.2. The van der Waals surface area contributed by atoms with Crippen molar-refractivity contribution in [2.45, 2.75) is 43.5 Å². The summed E-state index contributed by atoms with van der Waals surface area (Å²) in [6.07, 6.45) is -5.25. The van der Waals surface area contributed by atoms with E-state index in [-0.39, 0.29) is 5.75 Å². The molecule has 1 saturated heterocycles. The second-order valence-corrected chi connectivity index (χ2v) is 7.30. The van der Waals surface area contributed by atoms with Crippen LogP contribution in [0.2, 0.25) is 0 Å². The number of allylic oxidation sites excluding steroid dienone is 1. The molecule has 152 valence electrons. The maximum Gasteiger partial charge on any atom is 0.432 e. The van der Waals surface area contributed by atoms with E-state index in [1.807, 2.05) is 0 Å². The van der Waals surface area contributed by atoms with Crippen LogP contribution < -0.4 is 4.74 Å². The molecule has 0 bridgehead atoms. The molecule has 28 heavy (non-hydrogen) atoms. The number of para-hydroxylation sites is 1. The Labute approximate surface area is 160 Å². The van der Waals surface area contributed by atoms with Crippen LogP contribution in [0.3, 0.4) is 0 Å². The normalized spacial score (nSPS) is 28.1. The summed E-state index contributed by atoms with van der Waals surface area (Å²) in [4.78, 5) is 13.1. The molecule has 2 aliphatic heterocycles. The Morgan fingerprint density at radius 3 is 2.54 bits per heavy atom. The number of ether oxygens (including phenoxy) is 2. The van der Waals surface area contributed by atoms with Crippen molar-refractivity contribution in [2.24, 2.45) is 0 Å². The standard InChI is InChI=1S/C19H21F3N2O4/c20-19(21,22)18-17(24(25)26)16(13-4-1-2-7-15(13)28-18)12-5-3-6-14(12)23-8-10-27-11-9-23/h1-2,4,7,16-18H,3,5-6,8-11H2/t16-,17+,18+/m0/s1. The molecule has 1 aliphatic carbocycles. The number of benzene rings is 1. The summed E-state index contributed by atoms with van der Waals surface area (Å²) >= 11 is 0. The molecule has 3 atom stereocenters. The van der Waals surface area contributed by atoms with E-state index in [0.29, 0.717) is 38.3 Å². The Bertz CT molecular complexity index is 790. The summed E-state index contributed by atoms with van der Waals surface area (Å²) in [7, 11) is 0. The van der Waals surface area contributed by atoms with Crippen molar-refractivity contribution in [1.82, 2.24) is 4.90 Å². The number of alkyl halides is 3. The first-order valence-electron chi connectivity index (χ1n) is 9.38. The van der Waals surface area contributed by atoms with E-state index in [4.69, 9.17) is 9.47 Å². The van der Waals surface area contributed by atoms with Crippen molar-refractivity contribution in [3.63, 3.8) is 0 Å². The van der Waals surface area contributed by atoms with E-state index in [1.54, 1.807) is 18.2 Å². The van der Waals surface area contributed by atoms with Crippen LogP contribution in [-0.2, 0) is 4.74 Å². The number of morpholine rings is 1. The van der Waals surface area contributed by atoms with Gasteiger partial charge in [-0.2, -0.15) is 13.2 Å². The molecule has 0 unspecified atom stereocenters. The number of rotatable bonds is 3. The largest absolute Gasteiger partial charge is 0.473 e. The van der Waals surface area contributed by atoms with Crippen LogP contribution in [0.25, 0.3) is 0 Å². The van der Waals surface area contributed by atoms with E-state index in [1.165, 1.54) is 6.07 Å². The van der Waals surface area contributed by atoms with E-state index in [0.717, 1.165) is 24.1 Å². The van der Waals surface area contributed by atoms with Crippen LogP contribution in [0.15, 0.2) is 35.5 Å². The first kappa shape index (κ1) is 19.0. The highest BCUT2D eigenvalue weighted by Gasteiger charge is 2.60. The molecule has 0 N–H and O–H groups in total. The average Bonchev–Trinajstić information content (AvgIpc) is 3.15. The molecule has 0 saturated carbocycles. The Balaban J connectivity index is 1.84.